The molecule has 33 heavy (non-hydrogen) atoms. The van der Waals surface area contributed by atoms with Crippen molar-refractivity contribution in [2.75, 3.05) is 33.0 Å². The van der Waals surface area contributed by atoms with Crippen LogP contribution < -0.4 is 4.74 Å². The quantitative estimate of drug-likeness (QED) is 0.317. The molecule has 0 bridgehead atoms. The number of rotatable bonds is 18. The molecule has 1 aliphatic heterocycles. The molecule has 1 aromatic heterocycles. The lowest BCUT2D eigenvalue weighted by Gasteiger charge is -2.30. The summed E-state index contributed by atoms with van der Waals surface area (Å²) in [5.74, 6) is -1.73. The first kappa shape index (κ1) is 27.9. The van der Waals surface area contributed by atoms with E-state index in [2.05, 4.69) is 37.7 Å². The molecule has 2 heterocycles. The Kier molecular flexibility index (Phi) is 13.2. The predicted octanol–water partition coefficient (Wildman–Crippen LogP) is 4.39. The predicted molar refractivity (Wildman–Crippen MR) is 126 cm³/mol. The maximum Gasteiger partial charge on any atom is 0.316 e. The molecule has 2 unspecified atom stereocenters. The van der Waals surface area contributed by atoms with Gasteiger partial charge in [-0.1, -0.05) is 53.4 Å². The molecule has 4 atom stereocenters. The summed E-state index contributed by atoms with van der Waals surface area (Å²) in [7, 11) is 0. The van der Waals surface area contributed by atoms with Gasteiger partial charge in [0.15, 0.2) is 0 Å². The summed E-state index contributed by atoms with van der Waals surface area (Å²) >= 11 is 0. The molecular formula is C25H44N2O6. The standard InChI is InChI=1S/C25H44N2O6/c1-5-9-13-29-19-21-22(30-14-10-6-2)23(31-15-11-7-3)25(28,33-21)20-17-26-24(27-18-20)32-16-12-8-4/h17-18,21-23,28H,5-16,19H2,1-4H3/t21-,22+,23?,25?/m1/s1. The van der Waals surface area contributed by atoms with Crippen LogP contribution in [0.4, 0.5) is 0 Å². The molecular weight excluding hydrogens is 424 g/mol. The van der Waals surface area contributed by atoms with E-state index < -0.39 is 24.1 Å². The van der Waals surface area contributed by atoms with E-state index in [1.807, 2.05) is 0 Å². The number of unbranched alkanes of at least 4 members (excludes halogenated alkanes) is 4. The van der Waals surface area contributed by atoms with Gasteiger partial charge in [0.25, 0.3) is 0 Å². The molecule has 2 rings (SSSR count). The first-order valence-corrected chi connectivity index (χ1v) is 12.8. The lowest BCUT2D eigenvalue weighted by atomic mass is 9.99. The van der Waals surface area contributed by atoms with E-state index in [1.54, 1.807) is 12.4 Å². The third-order valence-corrected chi connectivity index (χ3v) is 5.68. The highest BCUT2D eigenvalue weighted by molar-refractivity contribution is 5.19. The smallest absolute Gasteiger partial charge is 0.316 e. The minimum absolute atomic E-state index is 0.285. The highest BCUT2D eigenvalue weighted by atomic mass is 16.7. The molecule has 1 aliphatic rings. The molecule has 8 nitrogen and oxygen atoms in total. The topological polar surface area (TPSA) is 92.2 Å². The number of nitrogens with zero attached hydrogens (tertiary/aromatic N) is 2. The number of ether oxygens (including phenoxy) is 5. The van der Waals surface area contributed by atoms with Crippen molar-refractivity contribution in [2.24, 2.45) is 0 Å². The van der Waals surface area contributed by atoms with Crippen LogP contribution in [0.5, 0.6) is 6.01 Å². The van der Waals surface area contributed by atoms with Crippen molar-refractivity contribution >= 4 is 0 Å². The summed E-state index contributed by atoms with van der Waals surface area (Å²) in [4.78, 5) is 8.56. The van der Waals surface area contributed by atoms with Crippen molar-refractivity contribution in [3.8, 4) is 6.01 Å². The normalized spacial score (nSPS) is 24.9. The van der Waals surface area contributed by atoms with Crippen molar-refractivity contribution in [3.05, 3.63) is 18.0 Å². The Labute approximate surface area is 199 Å². The molecule has 1 fully saturated rings. The van der Waals surface area contributed by atoms with Crippen LogP contribution in [-0.2, 0) is 24.7 Å². The molecule has 0 aliphatic carbocycles. The fourth-order valence-corrected chi connectivity index (χ4v) is 3.59. The lowest BCUT2D eigenvalue weighted by molar-refractivity contribution is -0.251. The second-order valence-electron chi connectivity index (χ2n) is 8.57. The van der Waals surface area contributed by atoms with Gasteiger partial charge >= 0.3 is 6.01 Å². The zero-order valence-electron chi connectivity index (χ0n) is 21.0. The Morgan fingerprint density at radius 2 is 1.42 bits per heavy atom. The maximum absolute atomic E-state index is 11.7. The molecule has 190 valence electrons. The van der Waals surface area contributed by atoms with E-state index in [9.17, 15) is 5.11 Å². The zero-order valence-corrected chi connectivity index (χ0v) is 21.0. The molecule has 0 aromatic carbocycles. The van der Waals surface area contributed by atoms with E-state index in [4.69, 9.17) is 23.7 Å². The van der Waals surface area contributed by atoms with Crippen LogP contribution in [0.3, 0.4) is 0 Å². The van der Waals surface area contributed by atoms with Crippen LogP contribution in [0.25, 0.3) is 0 Å². The molecule has 0 amide bonds. The third kappa shape index (κ3) is 8.44. The second-order valence-corrected chi connectivity index (χ2v) is 8.57. The summed E-state index contributed by atoms with van der Waals surface area (Å²) in [6.07, 6.45) is 9.27. The van der Waals surface area contributed by atoms with Gasteiger partial charge < -0.3 is 28.8 Å². The summed E-state index contributed by atoms with van der Waals surface area (Å²) in [6.45, 7) is 11.0. The van der Waals surface area contributed by atoms with Crippen LogP contribution >= 0.6 is 0 Å². The van der Waals surface area contributed by atoms with Gasteiger partial charge in [0, 0.05) is 32.2 Å². The Hall–Kier alpha value is -1.32. The number of aliphatic hydroxyl groups is 1. The third-order valence-electron chi connectivity index (χ3n) is 5.68. The minimum atomic E-state index is -1.73. The first-order chi connectivity index (χ1) is 16.1. The molecule has 0 radical (unpaired) electrons. The maximum atomic E-state index is 11.7. The molecule has 1 aromatic rings. The highest BCUT2D eigenvalue weighted by Gasteiger charge is 2.57. The number of hydrogen-bond acceptors (Lipinski definition) is 8. The highest BCUT2D eigenvalue weighted by Crippen LogP contribution is 2.41. The molecule has 8 heteroatoms. The van der Waals surface area contributed by atoms with Crippen LogP contribution in [0, 0.1) is 0 Å². The van der Waals surface area contributed by atoms with Gasteiger partial charge in [-0.05, 0) is 25.7 Å². The zero-order chi connectivity index (χ0) is 23.9. The molecule has 0 saturated carbocycles. The fraction of sp³-hybridized carbons (Fsp3) is 0.840. The monoisotopic (exact) mass is 468 g/mol. The van der Waals surface area contributed by atoms with Gasteiger partial charge in [-0.3, -0.25) is 0 Å². The first-order valence-electron chi connectivity index (χ1n) is 12.8. The summed E-state index contributed by atoms with van der Waals surface area (Å²) in [5.41, 5.74) is 0.423. The Balaban J connectivity index is 2.22. The van der Waals surface area contributed by atoms with Gasteiger partial charge in [-0.25, -0.2) is 9.97 Å². The summed E-state index contributed by atoms with van der Waals surface area (Å²) in [5, 5.41) is 11.7. The molecule has 0 spiro atoms. The lowest BCUT2D eigenvalue weighted by Crippen LogP contribution is -2.44. The van der Waals surface area contributed by atoms with E-state index in [1.165, 1.54) is 0 Å². The fourth-order valence-electron chi connectivity index (χ4n) is 3.59. The van der Waals surface area contributed by atoms with Gasteiger partial charge in [0.05, 0.1) is 18.8 Å². The van der Waals surface area contributed by atoms with Crippen LogP contribution in [0.15, 0.2) is 12.4 Å². The Bertz CT molecular complexity index is 632. The van der Waals surface area contributed by atoms with Crippen molar-refractivity contribution in [1.29, 1.82) is 0 Å². The number of hydrogen-bond donors (Lipinski definition) is 1. The van der Waals surface area contributed by atoms with Crippen molar-refractivity contribution in [1.82, 2.24) is 9.97 Å². The average molecular weight is 469 g/mol. The Morgan fingerprint density at radius 3 is 2.06 bits per heavy atom. The van der Waals surface area contributed by atoms with Crippen LogP contribution in [0.2, 0.25) is 0 Å². The van der Waals surface area contributed by atoms with Gasteiger partial charge in [0.1, 0.15) is 18.3 Å². The second kappa shape index (κ2) is 15.6. The van der Waals surface area contributed by atoms with Crippen LogP contribution in [-0.4, -0.2) is 66.4 Å². The summed E-state index contributed by atoms with van der Waals surface area (Å²) < 4.78 is 30.0. The van der Waals surface area contributed by atoms with E-state index in [0.717, 1.165) is 51.4 Å². The molecule has 1 saturated heterocycles. The largest absolute Gasteiger partial charge is 0.463 e. The molecule has 1 N–H and O–H groups in total. The van der Waals surface area contributed by atoms with Crippen molar-refractivity contribution in [2.45, 2.75) is 103 Å². The summed E-state index contributed by atoms with van der Waals surface area (Å²) in [6, 6.07) is 0.285. The van der Waals surface area contributed by atoms with Crippen LogP contribution in [0.1, 0.15) is 84.6 Å². The van der Waals surface area contributed by atoms with E-state index >= 15 is 0 Å². The minimum Gasteiger partial charge on any atom is -0.463 e. The average Bonchev–Trinajstić information content (AvgIpc) is 3.09. The number of aromatic nitrogens is 2. The SMILES string of the molecule is CCCCOC[C@H]1OC(O)(c2cnc(OCCCC)nc2)C(OCCCC)[C@H]1OCCCC. The van der Waals surface area contributed by atoms with E-state index in [0.29, 0.717) is 38.6 Å². The van der Waals surface area contributed by atoms with Gasteiger partial charge in [0.2, 0.25) is 5.79 Å². The van der Waals surface area contributed by atoms with Gasteiger partial charge in [-0.15, -0.1) is 0 Å². The van der Waals surface area contributed by atoms with E-state index in [-0.39, 0.29) is 6.01 Å². The van der Waals surface area contributed by atoms with Crippen molar-refractivity contribution in [3.63, 3.8) is 0 Å². The van der Waals surface area contributed by atoms with Crippen molar-refractivity contribution < 1.29 is 28.8 Å². The van der Waals surface area contributed by atoms with Gasteiger partial charge in [-0.2, -0.15) is 0 Å². The Morgan fingerprint density at radius 1 is 0.848 bits per heavy atom.